The van der Waals surface area contributed by atoms with Crippen molar-refractivity contribution in [1.29, 1.82) is 0 Å². The average Bonchev–Trinajstić information content (AvgIpc) is 2.93. The van der Waals surface area contributed by atoms with Crippen molar-refractivity contribution in [1.82, 2.24) is 25.2 Å². The predicted molar refractivity (Wildman–Crippen MR) is 143 cm³/mol. The van der Waals surface area contributed by atoms with Crippen molar-refractivity contribution in [3.63, 3.8) is 0 Å². The second-order valence-corrected chi connectivity index (χ2v) is 9.23. The molecule has 1 saturated heterocycles. The van der Waals surface area contributed by atoms with Gasteiger partial charge in [-0.3, -0.25) is 19.6 Å². The molecular weight excluding hydrogens is 492 g/mol. The molecule has 1 fully saturated rings. The molecule has 4 rings (SSSR count). The SMILES string of the molecule is C=NN(C)/C(OC)=C(\C)C(=O)N[C@@H]1CCN(C(=O)c2cc(Cl)c3nccnc3c2)C[C@@H]1c1ccccc1. The Morgan fingerprint density at radius 1 is 1.22 bits per heavy atom. The number of hydrazone groups is 1. The molecule has 37 heavy (non-hydrogen) atoms. The Morgan fingerprint density at radius 2 is 1.95 bits per heavy atom. The lowest BCUT2D eigenvalue weighted by atomic mass is 9.85. The summed E-state index contributed by atoms with van der Waals surface area (Å²) in [5.41, 5.74) is 2.99. The van der Waals surface area contributed by atoms with E-state index in [4.69, 9.17) is 16.3 Å². The quantitative estimate of drug-likeness (QED) is 0.220. The van der Waals surface area contributed by atoms with Crippen LogP contribution in [0.25, 0.3) is 11.0 Å². The maximum Gasteiger partial charge on any atom is 0.254 e. The second-order valence-electron chi connectivity index (χ2n) is 8.82. The Hall–Kier alpha value is -3.98. The molecule has 2 aromatic carbocycles. The Balaban J connectivity index is 1.59. The third kappa shape index (κ3) is 5.56. The summed E-state index contributed by atoms with van der Waals surface area (Å²) in [6.45, 7) is 6.06. The summed E-state index contributed by atoms with van der Waals surface area (Å²) >= 11 is 6.40. The molecule has 2 heterocycles. The molecule has 1 aromatic heterocycles. The van der Waals surface area contributed by atoms with Gasteiger partial charge in [-0.25, -0.2) is 5.01 Å². The number of ether oxygens (including phenoxy) is 1. The van der Waals surface area contributed by atoms with Crippen LogP contribution in [0.3, 0.4) is 0 Å². The van der Waals surface area contributed by atoms with Gasteiger partial charge in [0.25, 0.3) is 11.8 Å². The van der Waals surface area contributed by atoms with Gasteiger partial charge < -0.3 is 15.0 Å². The van der Waals surface area contributed by atoms with E-state index in [2.05, 4.69) is 27.1 Å². The van der Waals surface area contributed by atoms with E-state index in [0.717, 1.165) is 5.56 Å². The second kappa shape index (κ2) is 11.4. The van der Waals surface area contributed by atoms with Crippen LogP contribution in [-0.2, 0) is 9.53 Å². The van der Waals surface area contributed by atoms with Crippen LogP contribution < -0.4 is 5.32 Å². The maximum absolute atomic E-state index is 13.5. The van der Waals surface area contributed by atoms with Crippen LogP contribution >= 0.6 is 11.6 Å². The van der Waals surface area contributed by atoms with Crippen LogP contribution in [0.5, 0.6) is 0 Å². The maximum atomic E-state index is 13.5. The van der Waals surface area contributed by atoms with Crippen molar-refractivity contribution in [3.8, 4) is 0 Å². The number of benzene rings is 2. The van der Waals surface area contributed by atoms with Gasteiger partial charge in [0, 0.05) is 56.8 Å². The zero-order valence-electron chi connectivity index (χ0n) is 21.0. The van der Waals surface area contributed by atoms with E-state index in [1.54, 1.807) is 43.4 Å². The molecule has 0 unspecified atom stereocenters. The number of fused-ring (bicyclic) bond motifs is 1. The molecule has 0 radical (unpaired) electrons. The van der Waals surface area contributed by atoms with E-state index in [-0.39, 0.29) is 23.8 Å². The van der Waals surface area contributed by atoms with Crippen LogP contribution in [0.2, 0.25) is 5.02 Å². The molecule has 9 nitrogen and oxygen atoms in total. The highest BCUT2D eigenvalue weighted by atomic mass is 35.5. The summed E-state index contributed by atoms with van der Waals surface area (Å²) < 4.78 is 5.36. The lowest BCUT2D eigenvalue weighted by Crippen LogP contribution is -2.51. The number of hydrogen-bond acceptors (Lipinski definition) is 7. The Morgan fingerprint density at radius 3 is 2.65 bits per heavy atom. The number of halogens is 1. The van der Waals surface area contributed by atoms with Crippen molar-refractivity contribution in [2.24, 2.45) is 5.10 Å². The van der Waals surface area contributed by atoms with Crippen LogP contribution in [0.4, 0.5) is 0 Å². The van der Waals surface area contributed by atoms with Gasteiger partial charge in [0.15, 0.2) is 0 Å². The zero-order chi connectivity index (χ0) is 26.5. The van der Waals surface area contributed by atoms with Crippen LogP contribution in [-0.4, -0.2) is 71.7 Å². The van der Waals surface area contributed by atoms with Gasteiger partial charge in [-0.05, 0) is 31.0 Å². The summed E-state index contributed by atoms with van der Waals surface area (Å²) in [6.07, 6.45) is 3.71. The van der Waals surface area contributed by atoms with Gasteiger partial charge in [-0.1, -0.05) is 41.9 Å². The van der Waals surface area contributed by atoms with Crippen LogP contribution in [0, 0.1) is 0 Å². The van der Waals surface area contributed by atoms with Gasteiger partial charge in [0.1, 0.15) is 5.52 Å². The minimum atomic E-state index is -0.266. The third-order valence-corrected chi connectivity index (χ3v) is 6.87. The monoisotopic (exact) mass is 520 g/mol. The normalized spacial score (nSPS) is 18.1. The fourth-order valence-electron chi connectivity index (χ4n) is 4.65. The highest BCUT2D eigenvalue weighted by molar-refractivity contribution is 6.35. The Bertz CT molecular complexity index is 1350. The molecule has 2 atom stereocenters. The molecule has 3 aromatic rings. The molecule has 2 amide bonds. The van der Waals surface area contributed by atoms with Crippen molar-refractivity contribution in [2.45, 2.75) is 25.3 Å². The molecular formula is C27H29ClN6O3. The number of nitrogens with one attached hydrogen (secondary N) is 1. The highest BCUT2D eigenvalue weighted by Gasteiger charge is 2.34. The molecule has 1 aliphatic rings. The molecule has 0 saturated carbocycles. The standard InChI is InChI=1S/C27H29ClN6O3/c1-17(27(37-4)33(3)29-2)25(35)32-22-10-13-34(16-20(22)18-8-6-5-7-9-18)26(36)19-14-21(28)24-23(15-19)30-11-12-31-24/h5-9,11-12,14-15,20,22H,2,10,13,16H2,1,3-4H3,(H,32,35)/b27-17-/t20-,22-/m1/s1. The number of aromatic nitrogens is 2. The molecule has 192 valence electrons. The van der Waals surface area contributed by atoms with Gasteiger partial charge in [0.05, 0.1) is 23.2 Å². The van der Waals surface area contributed by atoms with Crippen molar-refractivity contribution in [2.75, 3.05) is 27.2 Å². The van der Waals surface area contributed by atoms with Crippen molar-refractivity contribution < 1.29 is 14.3 Å². The molecule has 0 spiro atoms. The van der Waals surface area contributed by atoms with Gasteiger partial charge in [0.2, 0.25) is 5.88 Å². The first-order chi connectivity index (χ1) is 17.8. The van der Waals surface area contributed by atoms with E-state index >= 15 is 0 Å². The summed E-state index contributed by atoms with van der Waals surface area (Å²) in [6, 6.07) is 13.0. The number of methoxy groups -OCH3 is 1. The number of nitrogens with zero attached hydrogens (tertiary/aromatic N) is 5. The van der Waals surface area contributed by atoms with E-state index in [9.17, 15) is 9.59 Å². The summed E-state index contributed by atoms with van der Waals surface area (Å²) in [7, 11) is 3.14. The highest BCUT2D eigenvalue weighted by Crippen LogP contribution is 2.30. The van der Waals surface area contributed by atoms with E-state index in [1.807, 2.05) is 30.3 Å². The number of likely N-dealkylation sites (tertiary alicyclic amines) is 1. The van der Waals surface area contributed by atoms with Gasteiger partial charge >= 0.3 is 0 Å². The lowest BCUT2D eigenvalue weighted by molar-refractivity contribution is -0.119. The van der Waals surface area contributed by atoms with E-state index < -0.39 is 0 Å². The Kier molecular flexibility index (Phi) is 8.03. The predicted octanol–water partition coefficient (Wildman–Crippen LogP) is 3.82. The topological polar surface area (TPSA) is 100 Å². The largest absolute Gasteiger partial charge is 0.481 e. The average molecular weight is 521 g/mol. The number of piperidine rings is 1. The number of amides is 2. The number of carbonyl (C=O) groups excluding carboxylic acids is 2. The Labute approximate surface area is 220 Å². The first-order valence-electron chi connectivity index (χ1n) is 11.8. The number of hydrogen-bond donors (Lipinski definition) is 1. The molecule has 0 bridgehead atoms. The fraction of sp³-hybridized carbons (Fsp3) is 0.296. The lowest BCUT2D eigenvalue weighted by Gasteiger charge is -2.39. The minimum absolute atomic E-state index is 0.118. The van der Waals surface area contributed by atoms with E-state index in [1.165, 1.54) is 12.1 Å². The van der Waals surface area contributed by atoms with Crippen LogP contribution in [0.1, 0.15) is 35.2 Å². The molecule has 10 heteroatoms. The smallest absolute Gasteiger partial charge is 0.254 e. The third-order valence-electron chi connectivity index (χ3n) is 6.58. The first kappa shape index (κ1) is 26.1. The summed E-state index contributed by atoms with van der Waals surface area (Å²) in [5.74, 6) is -0.213. The molecule has 1 N–H and O–H groups in total. The number of carbonyl (C=O) groups is 2. The molecule has 0 aliphatic carbocycles. The molecule has 1 aliphatic heterocycles. The summed E-state index contributed by atoms with van der Waals surface area (Å²) in [4.78, 5) is 37.0. The minimum Gasteiger partial charge on any atom is -0.481 e. The number of rotatable bonds is 7. The fourth-order valence-corrected chi connectivity index (χ4v) is 4.91. The van der Waals surface area contributed by atoms with E-state index in [0.29, 0.717) is 52.6 Å². The van der Waals surface area contributed by atoms with Gasteiger partial charge in [-0.2, -0.15) is 5.10 Å². The zero-order valence-corrected chi connectivity index (χ0v) is 21.8. The van der Waals surface area contributed by atoms with Gasteiger partial charge in [-0.15, -0.1) is 0 Å². The summed E-state index contributed by atoms with van der Waals surface area (Å²) in [5, 5.41) is 8.75. The van der Waals surface area contributed by atoms with Crippen LogP contribution in [0.15, 0.2) is 71.4 Å². The van der Waals surface area contributed by atoms with Crippen molar-refractivity contribution >= 4 is 41.2 Å². The van der Waals surface area contributed by atoms with Crippen molar-refractivity contribution in [3.05, 3.63) is 82.5 Å². The first-order valence-corrected chi connectivity index (χ1v) is 12.2.